The van der Waals surface area contributed by atoms with Crippen molar-refractivity contribution in [3.8, 4) is 0 Å². The minimum absolute atomic E-state index is 0.0803. The fraction of sp³-hybridized carbons (Fsp3) is 0.462. The molecule has 1 aliphatic rings. The van der Waals surface area contributed by atoms with E-state index in [1.165, 1.54) is 5.56 Å². The highest BCUT2D eigenvalue weighted by atomic mass is 16.2. The topological polar surface area (TPSA) is 41.1 Å². The molecule has 2 N–H and O–H groups in total. The monoisotopic (exact) mass is 218 g/mol. The van der Waals surface area contributed by atoms with Crippen molar-refractivity contribution < 1.29 is 4.79 Å². The van der Waals surface area contributed by atoms with Crippen LogP contribution in [0.1, 0.15) is 37.9 Å². The molecule has 0 saturated carbocycles. The fourth-order valence-electron chi connectivity index (χ4n) is 2.02. The number of nitrogens with one attached hydrogen (secondary N) is 2. The lowest BCUT2D eigenvalue weighted by atomic mass is 9.85. The van der Waals surface area contributed by atoms with Crippen LogP contribution >= 0.6 is 0 Å². The second-order valence-electron chi connectivity index (χ2n) is 4.89. The summed E-state index contributed by atoms with van der Waals surface area (Å²) in [5, 5.41) is 6.12. The number of carbonyl (C=O) groups is 1. The number of benzene rings is 1. The molecular weight excluding hydrogens is 200 g/mol. The van der Waals surface area contributed by atoms with Crippen LogP contribution in [0.3, 0.4) is 0 Å². The third kappa shape index (κ3) is 1.52. The van der Waals surface area contributed by atoms with Gasteiger partial charge in [0.05, 0.1) is 5.41 Å². The van der Waals surface area contributed by atoms with Crippen LogP contribution in [-0.2, 0) is 10.2 Å². The molecule has 1 amide bonds. The summed E-state index contributed by atoms with van der Waals surface area (Å²) in [6.45, 7) is 6.03. The van der Waals surface area contributed by atoms with E-state index in [-0.39, 0.29) is 5.91 Å². The molecule has 0 bridgehead atoms. The molecule has 1 aromatic rings. The first-order valence-corrected chi connectivity index (χ1v) is 5.60. The van der Waals surface area contributed by atoms with Gasteiger partial charge in [0.2, 0.25) is 5.91 Å². The predicted octanol–water partition coefficient (Wildman–Crippen LogP) is 2.20. The molecule has 16 heavy (non-hydrogen) atoms. The highest BCUT2D eigenvalue weighted by Gasteiger charge is 2.38. The number of fused-ring (bicyclic) bond motifs is 1. The highest BCUT2D eigenvalue weighted by molar-refractivity contribution is 6.05. The van der Waals surface area contributed by atoms with Gasteiger partial charge in [-0.05, 0) is 45.0 Å². The summed E-state index contributed by atoms with van der Waals surface area (Å²) >= 11 is 0. The summed E-state index contributed by atoms with van der Waals surface area (Å²) in [6, 6.07) is 6.47. The van der Waals surface area contributed by atoms with E-state index >= 15 is 0 Å². The molecule has 1 aliphatic heterocycles. The van der Waals surface area contributed by atoms with Crippen molar-refractivity contribution in [3.05, 3.63) is 29.3 Å². The van der Waals surface area contributed by atoms with Crippen molar-refractivity contribution in [2.75, 3.05) is 12.4 Å². The Labute approximate surface area is 96.2 Å². The molecule has 0 radical (unpaired) electrons. The molecule has 0 fully saturated rings. The van der Waals surface area contributed by atoms with Gasteiger partial charge in [0.1, 0.15) is 0 Å². The van der Waals surface area contributed by atoms with Crippen molar-refractivity contribution in [3.63, 3.8) is 0 Å². The van der Waals surface area contributed by atoms with Gasteiger partial charge in [-0.2, -0.15) is 0 Å². The zero-order chi connectivity index (χ0) is 11.9. The van der Waals surface area contributed by atoms with E-state index in [1.807, 2.05) is 27.0 Å². The molecule has 86 valence electrons. The maximum Gasteiger partial charge on any atom is 0.234 e. The van der Waals surface area contributed by atoms with Crippen LogP contribution in [0.25, 0.3) is 0 Å². The van der Waals surface area contributed by atoms with Crippen LogP contribution in [0.5, 0.6) is 0 Å². The van der Waals surface area contributed by atoms with E-state index in [4.69, 9.17) is 0 Å². The number of hydrogen-bond donors (Lipinski definition) is 2. The van der Waals surface area contributed by atoms with Gasteiger partial charge in [0.15, 0.2) is 0 Å². The van der Waals surface area contributed by atoms with Crippen molar-refractivity contribution >= 4 is 11.6 Å². The van der Waals surface area contributed by atoms with Crippen LogP contribution in [0.15, 0.2) is 18.2 Å². The molecule has 0 aromatic heterocycles. The second-order valence-corrected chi connectivity index (χ2v) is 4.89. The minimum Gasteiger partial charge on any atom is -0.325 e. The van der Waals surface area contributed by atoms with Crippen LogP contribution < -0.4 is 10.6 Å². The average Bonchev–Trinajstić information content (AvgIpc) is 2.49. The summed E-state index contributed by atoms with van der Waals surface area (Å²) in [5.41, 5.74) is 2.84. The molecule has 1 atom stereocenters. The molecule has 0 spiro atoms. The third-order valence-corrected chi connectivity index (χ3v) is 3.47. The standard InChI is InChI=1S/C13H18N2O/c1-8(14-4)9-5-6-11-10(7-9)13(2,3)12(16)15-11/h5-8,14H,1-4H3,(H,15,16). The molecular formula is C13H18N2O. The summed E-state index contributed by atoms with van der Waals surface area (Å²) in [7, 11) is 1.94. The van der Waals surface area contributed by atoms with Gasteiger partial charge in [-0.15, -0.1) is 0 Å². The lowest BCUT2D eigenvalue weighted by Crippen LogP contribution is -2.27. The minimum atomic E-state index is -0.418. The lowest BCUT2D eigenvalue weighted by molar-refractivity contribution is -0.119. The van der Waals surface area contributed by atoms with Crippen LogP contribution in [0, 0.1) is 0 Å². The van der Waals surface area contributed by atoms with E-state index in [0.717, 1.165) is 11.3 Å². The predicted molar refractivity (Wildman–Crippen MR) is 65.6 cm³/mol. The van der Waals surface area contributed by atoms with Gasteiger partial charge in [-0.3, -0.25) is 4.79 Å². The molecule has 0 aliphatic carbocycles. The van der Waals surface area contributed by atoms with Gasteiger partial charge in [-0.25, -0.2) is 0 Å². The largest absolute Gasteiger partial charge is 0.325 e. The Morgan fingerprint density at radius 2 is 2.06 bits per heavy atom. The summed E-state index contributed by atoms with van der Waals surface area (Å²) < 4.78 is 0. The Kier molecular flexibility index (Phi) is 2.50. The van der Waals surface area contributed by atoms with Gasteiger partial charge >= 0.3 is 0 Å². The zero-order valence-electron chi connectivity index (χ0n) is 10.2. The number of carbonyl (C=O) groups excluding carboxylic acids is 1. The lowest BCUT2D eigenvalue weighted by Gasteiger charge is -2.17. The molecule has 3 nitrogen and oxygen atoms in total. The smallest absolute Gasteiger partial charge is 0.234 e. The SMILES string of the molecule is CNC(C)c1ccc2c(c1)C(C)(C)C(=O)N2. The molecule has 3 heteroatoms. The Balaban J connectivity index is 2.48. The fourth-order valence-corrected chi connectivity index (χ4v) is 2.02. The van der Waals surface area contributed by atoms with Crippen molar-refractivity contribution in [1.29, 1.82) is 0 Å². The van der Waals surface area contributed by atoms with Crippen LogP contribution in [-0.4, -0.2) is 13.0 Å². The van der Waals surface area contributed by atoms with Gasteiger partial charge in [0.25, 0.3) is 0 Å². The Morgan fingerprint density at radius 3 is 2.69 bits per heavy atom. The quantitative estimate of drug-likeness (QED) is 0.799. The number of hydrogen-bond acceptors (Lipinski definition) is 2. The van der Waals surface area contributed by atoms with Crippen molar-refractivity contribution in [2.24, 2.45) is 0 Å². The molecule has 1 aromatic carbocycles. The first-order valence-electron chi connectivity index (χ1n) is 5.60. The molecule has 2 rings (SSSR count). The van der Waals surface area contributed by atoms with Crippen LogP contribution in [0.4, 0.5) is 5.69 Å². The first kappa shape index (κ1) is 11.1. The van der Waals surface area contributed by atoms with E-state index < -0.39 is 5.41 Å². The van der Waals surface area contributed by atoms with Gasteiger partial charge in [-0.1, -0.05) is 12.1 Å². The van der Waals surface area contributed by atoms with Crippen molar-refractivity contribution in [2.45, 2.75) is 32.2 Å². The molecule has 0 saturated heterocycles. The summed E-state index contributed by atoms with van der Waals surface area (Å²) in [6.07, 6.45) is 0. The number of rotatable bonds is 2. The maximum absolute atomic E-state index is 11.8. The Morgan fingerprint density at radius 1 is 1.38 bits per heavy atom. The normalized spacial score (nSPS) is 19.1. The van der Waals surface area contributed by atoms with E-state index in [2.05, 4.69) is 29.7 Å². The second kappa shape index (κ2) is 3.59. The third-order valence-electron chi connectivity index (χ3n) is 3.47. The van der Waals surface area contributed by atoms with Gasteiger partial charge in [0, 0.05) is 11.7 Å². The van der Waals surface area contributed by atoms with Crippen LogP contribution in [0.2, 0.25) is 0 Å². The Hall–Kier alpha value is -1.35. The number of amides is 1. The summed E-state index contributed by atoms with van der Waals surface area (Å²) in [5.74, 6) is 0.0803. The highest BCUT2D eigenvalue weighted by Crippen LogP contribution is 2.38. The van der Waals surface area contributed by atoms with Crippen molar-refractivity contribution in [1.82, 2.24) is 5.32 Å². The summed E-state index contributed by atoms with van der Waals surface area (Å²) in [4.78, 5) is 11.8. The molecule has 1 unspecified atom stereocenters. The van der Waals surface area contributed by atoms with E-state index in [9.17, 15) is 4.79 Å². The zero-order valence-corrected chi connectivity index (χ0v) is 10.2. The van der Waals surface area contributed by atoms with Gasteiger partial charge < -0.3 is 10.6 Å². The maximum atomic E-state index is 11.8. The van der Waals surface area contributed by atoms with E-state index in [1.54, 1.807) is 0 Å². The van der Waals surface area contributed by atoms with E-state index in [0.29, 0.717) is 6.04 Å². The Bertz CT molecular complexity index is 438. The first-order chi connectivity index (χ1) is 7.46. The number of anilines is 1. The average molecular weight is 218 g/mol. The molecule has 1 heterocycles.